The molecule has 5 atom stereocenters. The van der Waals surface area contributed by atoms with E-state index in [-0.39, 0.29) is 30.4 Å². The zero-order valence-corrected chi connectivity index (χ0v) is 20.8. The summed E-state index contributed by atoms with van der Waals surface area (Å²) in [4.78, 5) is 1.51. The van der Waals surface area contributed by atoms with Gasteiger partial charge in [0.15, 0.2) is 0 Å². The van der Waals surface area contributed by atoms with Crippen LogP contribution in [0.25, 0.3) is 0 Å². The molecule has 0 aliphatic carbocycles. The van der Waals surface area contributed by atoms with Crippen molar-refractivity contribution in [3.63, 3.8) is 0 Å². The molecule has 5 unspecified atom stereocenters. The second-order valence-electron chi connectivity index (χ2n) is 11.3. The predicted molar refractivity (Wildman–Crippen MR) is 120 cm³/mol. The third kappa shape index (κ3) is 1.46. The fraction of sp³-hybridized carbons (Fsp3) is 0.714. The zero-order chi connectivity index (χ0) is 18.4. The Bertz CT molecular complexity index is 732. The molecule has 25 heavy (non-hydrogen) atoms. The van der Waals surface area contributed by atoms with Crippen LogP contribution in [-0.4, -0.2) is 14.4 Å². The lowest BCUT2D eigenvalue weighted by Crippen LogP contribution is -2.43. The minimum atomic E-state index is 0.0469. The Morgan fingerprint density at radius 1 is 0.600 bits per heavy atom. The van der Waals surface area contributed by atoms with Gasteiger partial charge in [-0.15, -0.1) is 0 Å². The van der Waals surface area contributed by atoms with Gasteiger partial charge in [-0.25, -0.2) is 0 Å². The van der Waals surface area contributed by atoms with Crippen LogP contribution >= 0.6 is 30.4 Å². The molecule has 0 radical (unpaired) electrons. The Morgan fingerprint density at radius 2 is 1.04 bits per heavy atom. The van der Waals surface area contributed by atoms with E-state index >= 15 is 0 Å². The molecule has 0 amide bonds. The minimum Gasteiger partial charge on any atom is -0.0622 e. The first-order valence-electron chi connectivity index (χ1n) is 9.60. The summed E-state index contributed by atoms with van der Waals surface area (Å²) >= 11 is 0. The maximum Gasteiger partial charge on any atom is 0.0528 e. The molecular formula is C21H32P4. The molecule has 0 N–H and O–H groups in total. The van der Waals surface area contributed by atoms with E-state index in [0.29, 0.717) is 16.2 Å². The van der Waals surface area contributed by atoms with Crippen LogP contribution in [0, 0.1) is 16.2 Å². The monoisotopic (exact) mass is 408 g/mol. The molecule has 0 aromatic heterocycles. The van der Waals surface area contributed by atoms with Gasteiger partial charge in [-0.1, -0.05) is 92.6 Å². The van der Waals surface area contributed by atoms with Crippen LogP contribution in [0.15, 0.2) is 30.3 Å². The standard InChI is InChI=1S/C21H32P4/c1-16(2,3)19-20(17(4,5)6)23(19)22(15-13-11-10-12-14-15)21(18(7,8)9)24(19)25(20)21/h10-14H,1-9H3. The maximum absolute atomic E-state index is 2.60. The van der Waals surface area contributed by atoms with Crippen molar-refractivity contribution in [3.05, 3.63) is 30.3 Å². The summed E-state index contributed by atoms with van der Waals surface area (Å²) in [5.74, 6) is 0. The highest BCUT2D eigenvalue weighted by molar-refractivity contribution is 8.78. The van der Waals surface area contributed by atoms with Crippen LogP contribution in [0.3, 0.4) is 0 Å². The second kappa shape index (κ2) is 4.41. The van der Waals surface area contributed by atoms with Gasteiger partial charge < -0.3 is 0 Å². The highest BCUT2D eigenvalue weighted by atomic mass is 32.2. The van der Waals surface area contributed by atoms with Gasteiger partial charge in [0.25, 0.3) is 0 Å². The van der Waals surface area contributed by atoms with E-state index in [0.717, 1.165) is 14.4 Å². The molecule has 0 saturated carbocycles. The Kier molecular flexibility index (Phi) is 3.17. The summed E-state index contributed by atoms with van der Waals surface area (Å²) in [6.07, 6.45) is 0. The molecule has 6 rings (SSSR count). The van der Waals surface area contributed by atoms with Crippen molar-refractivity contribution in [1.29, 1.82) is 0 Å². The SMILES string of the molecule is CC(C)(C)C12P(c3ccccc3)P3C4(C(C)(C)C)P1P2C34C(C)(C)C. The molecule has 5 aliphatic heterocycles. The first-order chi connectivity index (χ1) is 11.3. The summed E-state index contributed by atoms with van der Waals surface area (Å²) in [7, 11) is 0.777. The van der Waals surface area contributed by atoms with E-state index in [1.807, 2.05) is 0 Å². The summed E-state index contributed by atoms with van der Waals surface area (Å²) in [5, 5.41) is 1.76. The largest absolute Gasteiger partial charge is 0.0622 e. The van der Waals surface area contributed by atoms with E-state index in [4.69, 9.17) is 0 Å². The summed E-state index contributed by atoms with van der Waals surface area (Å²) in [6, 6.07) is 11.8. The van der Waals surface area contributed by atoms with Gasteiger partial charge >= 0.3 is 0 Å². The van der Waals surface area contributed by atoms with E-state index in [1.165, 1.54) is 0 Å². The number of benzene rings is 1. The zero-order valence-electron chi connectivity index (χ0n) is 17.2. The van der Waals surface area contributed by atoms with E-state index < -0.39 is 0 Å². The molecule has 1 aromatic carbocycles. The lowest BCUT2D eigenvalue weighted by Gasteiger charge is -2.48. The molecule has 5 aliphatic rings. The van der Waals surface area contributed by atoms with Crippen molar-refractivity contribution in [1.82, 2.24) is 0 Å². The fourth-order valence-corrected chi connectivity index (χ4v) is 58.2. The summed E-state index contributed by atoms with van der Waals surface area (Å²) in [5.41, 5.74) is 1.48. The summed E-state index contributed by atoms with van der Waals surface area (Å²) < 4.78 is 0.751. The first-order valence-corrected chi connectivity index (χ1v) is 16.4. The topological polar surface area (TPSA) is 0 Å². The maximum atomic E-state index is 2.60. The Hall–Kier alpha value is 0.940. The normalized spacial score (nSPS) is 49.5. The predicted octanol–water partition coefficient (Wildman–Crippen LogP) is 8.31. The quantitative estimate of drug-likeness (QED) is 0.410. The van der Waals surface area contributed by atoms with E-state index in [9.17, 15) is 0 Å². The molecule has 5 saturated heterocycles. The molecule has 4 heteroatoms. The van der Waals surface area contributed by atoms with Crippen LogP contribution < -0.4 is 5.30 Å². The number of hydrogen-bond acceptors (Lipinski definition) is 0. The average molecular weight is 408 g/mol. The van der Waals surface area contributed by atoms with Gasteiger partial charge in [0.1, 0.15) is 0 Å². The van der Waals surface area contributed by atoms with E-state index in [1.54, 1.807) is 5.30 Å². The minimum absolute atomic E-state index is 0.0469. The Morgan fingerprint density at radius 3 is 1.40 bits per heavy atom. The van der Waals surface area contributed by atoms with Crippen molar-refractivity contribution >= 4 is 35.7 Å². The molecule has 0 spiro atoms. The van der Waals surface area contributed by atoms with Gasteiger partial charge in [-0.05, 0) is 52.0 Å². The van der Waals surface area contributed by atoms with Crippen molar-refractivity contribution in [2.75, 3.05) is 0 Å². The van der Waals surface area contributed by atoms with Crippen molar-refractivity contribution in [2.45, 2.75) is 76.7 Å². The highest BCUT2D eigenvalue weighted by Gasteiger charge is 3.16. The molecule has 1 aromatic rings. The number of hydrogen-bond donors (Lipinski definition) is 0. The van der Waals surface area contributed by atoms with Crippen LogP contribution in [0.2, 0.25) is 0 Å². The molecule has 136 valence electrons. The first kappa shape index (κ1) is 18.0. The van der Waals surface area contributed by atoms with Crippen LogP contribution in [-0.2, 0) is 0 Å². The molecule has 5 heterocycles. The lowest BCUT2D eigenvalue weighted by atomic mass is 9.80. The van der Waals surface area contributed by atoms with E-state index in [2.05, 4.69) is 92.6 Å². The van der Waals surface area contributed by atoms with Crippen molar-refractivity contribution < 1.29 is 0 Å². The van der Waals surface area contributed by atoms with Crippen LogP contribution in [0.5, 0.6) is 0 Å². The van der Waals surface area contributed by atoms with Gasteiger partial charge in [-0.3, -0.25) is 0 Å². The molecular weight excluding hydrogens is 376 g/mol. The second-order valence-corrected chi connectivity index (χ2v) is 25.6. The highest BCUT2D eigenvalue weighted by Crippen LogP contribution is 3.51. The lowest BCUT2D eigenvalue weighted by molar-refractivity contribution is 0.289. The molecule has 2 bridgehead atoms. The smallest absolute Gasteiger partial charge is 0.0528 e. The van der Waals surface area contributed by atoms with Gasteiger partial charge in [0, 0.05) is 9.79 Å². The third-order valence-electron chi connectivity index (χ3n) is 7.01. The molecule has 0 nitrogen and oxygen atoms in total. The number of rotatable bonds is 1. The van der Waals surface area contributed by atoms with Gasteiger partial charge in [0.2, 0.25) is 0 Å². The third-order valence-corrected chi connectivity index (χ3v) is 37.4. The van der Waals surface area contributed by atoms with Crippen LogP contribution in [0.1, 0.15) is 62.3 Å². The fourth-order valence-electron chi connectivity index (χ4n) is 6.45. The van der Waals surface area contributed by atoms with Gasteiger partial charge in [-0.2, -0.15) is 0 Å². The van der Waals surface area contributed by atoms with Crippen LogP contribution in [0.4, 0.5) is 0 Å². The average Bonchev–Trinajstić information content (AvgIpc) is 3.11. The molecule has 5 fully saturated rings. The van der Waals surface area contributed by atoms with Gasteiger partial charge in [0.05, 0.1) is 4.64 Å². The Labute approximate surface area is 159 Å². The Balaban J connectivity index is 1.77. The van der Waals surface area contributed by atoms with Crippen molar-refractivity contribution in [3.8, 4) is 0 Å². The summed E-state index contributed by atoms with van der Waals surface area (Å²) in [6.45, 7) is 23.4. The van der Waals surface area contributed by atoms with Crippen molar-refractivity contribution in [2.24, 2.45) is 16.2 Å².